The number of carbonyl (C=O) groups is 2. The first-order valence-electron chi connectivity index (χ1n) is 27.8. The van der Waals surface area contributed by atoms with Gasteiger partial charge in [-0.2, -0.15) is 0 Å². The van der Waals surface area contributed by atoms with Crippen LogP contribution in [0.1, 0.15) is 40.3 Å². The van der Waals surface area contributed by atoms with E-state index in [1.165, 1.54) is 28.3 Å². The Balaban J connectivity index is 1.07. The minimum atomic E-state index is -1.67. The monoisotopic (exact) mass is 1140 g/mol. The van der Waals surface area contributed by atoms with Crippen LogP contribution in [0.25, 0.3) is 0 Å². The van der Waals surface area contributed by atoms with Crippen molar-refractivity contribution in [3.8, 4) is 0 Å². The third-order valence-electron chi connectivity index (χ3n) is 14.5. The molecule has 3 fully saturated rings. The van der Waals surface area contributed by atoms with E-state index in [2.05, 4.69) is 0 Å². The molecule has 6 aromatic carbocycles. The van der Waals surface area contributed by atoms with Crippen LogP contribution in [0, 0.1) is 0 Å². The molecule has 1 N–H and O–H groups in total. The Bertz CT molecular complexity index is 2800. The van der Waals surface area contributed by atoms with E-state index in [-0.39, 0.29) is 52.9 Å². The highest BCUT2D eigenvalue weighted by Crippen LogP contribution is 2.38. The average molecular weight is 1140 g/mol. The van der Waals surface area contributed by atoms with Gasteiger partial charge in [0.05, 0.1) is 60.0 Å². The topological polar surface area (TPSA) is 193 Å². The lowest BCUT2D eigenvalue weighted by Gasteiger charge is -2.50. The average Bonchev–Trinajstić information content (AvgIpc) is 3.71. The Kier molecular flexibility index (Phi) is 23.3. The van der Waals surface area contributed by atoms with Crippen LogP contribution in [0.3, 0.4) is 0 Å². The number of aliphatic hydroxyl groups excluding tert-OH is 1. The molecule has 6 aromatic rings. The molecule has 0 saturated carbocycles. The van der Waals surface area contributed by atoms with Gasteiger partial charge in [0.15, 0.2) is 31.1 Å². The third kappa shape index (κ3) is 17.0. The van der Waals surface area contributed by atoms with E-state index in [4.69, 9.17) is 71.1 Å². The summed E-state index contributed by atoms with van der Waals surface area (Å²) in [6.07, 6.45) is -18.8. The molecule has 0 unspecified atom stereocenters. The van der Waals surface area contributed by atoms with Gasteiger partial charge in [-0.25, -0.2) is 4.79 Å². The molecule has 0 radical (unpaired) electrons. The van der Waals surface area contributed by atoms with Crippen LogP contribution >= 0.6 is 0 Å². The molecule has 18 heteroatoms. The maximum atomic E-state index is 14.5. The number of esters is 2. The van der Waals surface area contributed by atoms with Crippen molar-refractivity contribution in [3.63, 3.8) is 0 Å². The summed E-state index contributed by atoms with van der Waals surface area (Å²) in [4.78, 5) is 27.9. The van der Waals surface area contributed by atoms with Gasteiger partial charge in [-0.3, -0.25) is 4.79 Å². The molecule has 3 aliphatic rings. The van der Waals surface area contributed by atoms with Gasteiger partial charge in [0.1, 0.15) is 61.0 Å². The SMILES string of the molecule is COC(=O)[C@@H]1O[C@@H](O[C@H]2[C@H](OCc3ccccc3)[C@@H](OCc3ccccc3)[C@@H](OC)O[C@@H]2COCc2ccccc2)[C@H](OC(C)=O)[C@@H](OC)[C@@H]1O[C@@H]1O[C@H](COCc2ccccc2)[C@@H](O)[C@H](OCc2ccccc2)[C@H]1OCc1ccccc1. The molecule has 18 nitrogen and oxygen atoms in total. The molecule has 9 rings (SSSR count). The molecule has 3 saturated heterocycles. The zero-order chi connectivity index (χ0) is 57.8. The van der Waals surface area contributed by atoms with Crippen molar-refractivity contribution in [1.82, 2.24) is 0 Å². The molecule has 442 valence electrons. The molecule has 0 aliphatic carbocycles. The summed E-state index contributed by atoms with van der Waals surface area (Å²) >= 11 is 0. The van der Waals surface area contributed by atoms with Crippen molar-refractivity contribution in [1.29, 1.82) is 0 Å². The van der Waals surface area contributed by atoms with E-state index in [9.17, 15) is 14.7 Å². The Hall–Kier alpha value is -6.30. The van der Waals surface area contributed by atoms with E-state index in [1.54, 1.807) is 0 Å². The van der Waals surface area contributed by atoms with E-state index in [0.29, 0.717) is 0 Å². The lowest BCUT2D eigenvalue weighted by Crippen LogP contribution is -2.68. The summed E-state index contributed by atoms with van der Waals surface area (Å²) in [5.74, 6) is -1.63. The largest absolute Gasteiger partial charge is 0.467 e. The first-order valence-corrected chi connectivity index (χ1v) is 27.8. The maximum Gasteiger partial charge on any atom is 0.337 e. The number of carbonyl (C=O) groups excluding carboxylic acids is 2. The van der Waals surface area contributed by atoms with E-state index in [1.807, 2.05) is 182 Å². The lowest BCUT2D eigenvalue weighted by atomic mass is 9.95. The van der Waals surface area contributed by atoms with Crippen LogP contribution in [0.2, 0.25) is 0 Å². The van der Waals surface area contributed by atoms with E-state index in [0.717, 1.165) is 33.4 Å². The van der Waals surface area contributed by atoms with Crippen LogP contribution in [-0.4, -0.2) is 144 Å². The Morgan fingerprint density at radius 1 is 0.398 bits per heavy atom. The number of rotatable bonds is 28. The van der Waals surface area contributed by atoms with Gasteiger partial charge in [-0.1, -0.05) is 182 Å². The predicted molar refractivity (Wildman–Crippen MR) is 299 cm³/mol. The molecule has 3 aliphatic heterocycles. The first-order chi connectivity index (χ1) is 40.7. The van der Waals surface area contributed by atoms with Crippen molar-refractivity contribution >= 4 is 11.9 Å². The Morgan fingerprint density at radius 2 is 0.771 bits per heavy atom. The highest BCUT2D eigenvalue weighted by atomic mass is 16.8. The third-order valence-corrected chi connectivity index (χ3v) is 14.5. The lowest BCUT2D eigenvalue weighted by molar-refractivity contribution is -0.383. The second kappa shape index (κ2) is 31.6. The van der Waals surface area contributed by atoms with Crippen LogP contribution in [0.4, 0.5) is 0 Å². The second-order valence-corrected chi connectivity index (χ2v) is 20.3. The van der Waals surface area contributed by atoms with Crippen molar-refractivity contribution in [2.24, 2.45) is 0 Å². The van der Waals surface area contributed by atoms with Gasteiger partial charge >= 0.3 is 11.9 Å². The quantitative estimate of drug-likeness (QED) is 0.0467. The molecular weight excluding hydrogens is 1070 g/mol. The molecule has 0 aromatic heterocycles. The van der Waals surface area contributed by atoms with E-state index >= 15 is 0 Å². The van der Waals surface area contributed by atoms with Gasteiger partial charge in [0, 0.05) is 21.1 Å². The fourth-order valence-corrected chi connectivity index (χ4v) is 10.3. The zero-order valence-electron chi connectivity index (χ0n) is 47.0. The summed E-state index contributed by atoms with van der Waals surface area (Å²) in [5, 5.41) is 12.3. The minimum absolute atomic E-state index is 0.0380. The number of methoxy groups -OCH3 is 3. The van der Waals surface area contributed by atoms with Crippen molar-refractivity contribution < 1.29 is 85.7 Å². The Morgan fingerprint density at radius 3 is 1.19 bits per heavy atom. The van der Waals surface area contributed by atoms with Crippen LogP contribution < -0.4 is 0 Å². The summed E-state index contributed by atoms with van der Waals surface area (Å²) < 4.78 is 97.6. The normalized spacial score (nSPS) is 28.0. The van der Waals surface area contributed by atoms with Crippen LogP contribution in [0.15, 0.2) is 182 Å². The van der Waals surface area contributed by atoms with Gasteiger partial charge in [0.25, 0.3) is 0 Å². The summed E-state index contributed by atoms with van der Waals surface area (Å²) in [6, 6.07) is 57.3. The highest BCUT2D eigenvalue weighted by molar-refractivity contribution is 5.75. The number of aliphatic hydroxyl groups is 1. The fraction of sp³-hybridized carbons (Fsp3) is 0.415. The van der Waals surface area contributed by atoms with Crippen molar-refractivity contribution in [3.05, 3.63) is 215 Å². The molecule has 0 amide bonds. The summed E-state index contributed by atoms with van der Waals surface area (Å²) in [6.45, 7) is 1.84. The zero-order valence-corrected chi connectivity index (χ0v) is 47.0. The highest BCUT2D eigenvalue weighted by Gasteiger charge is 2.59. The molecule has 3 heterocycles. The van der Waals surface area contributed by atoms with Crippen LogP contribution in [-0.2, 0) is 120 Å². The van der Waals surface area contributed by atoms with Gasteiger partial charge in [0.2, 0.25) is 0 Å². The van der Waals surface area contributed by atoms with Gasteiger partial charge in [-0.15, -0.1) is 0 Å². The Labute approximate surface area is 484 Å². The number of hydrogen-bond donors (Lipinski definition) is 1. The van der Waals surface area contributed by atoms with E-state index < -0.39 is 104 Å². The first kappa shape index (κ1) is 61.3. The van der Waals surface area contributed by atoms with Gasteiger partial charge < -0.3 is 76.2 Å². The van der Waals surface area contributed by atoms with Crippen LogP contribution in [0.5, 0.6) is 0 Å². The fourth-order valence-electron chi connectivity index (χ4n) is 10.3. The van der Waals surface area contributed by atoms with Crippen molar-refractivity contribution in [2.45, 2.75) is 139 Å². The van der Waals surface area contributed by atoms with Crippen molar-refractivity contribution in [2.75, 3.05) is 34.5 Å². The number of hydrogen-bond acceptors (Lipinski definition) is 18. The molecule has 83 heavy (non-hydrogen) atoms. The molecule has 0 spiro atoms. The maximum absolute atomic E-state index is 14.5. The standard InChI is InChI=1S/C65H74O18/c1-43(66)78-61-55(69-2)57(82-64-59(76-39-48-31-19-9-20-32-48)54(74-37-46-27-15-7-16-28-46)52(67)50(79-64)41-72-35-44-23-11-5-12-24-44)58(62(68)70-3)83-65(61)81-53-51(42-73-36-45-25-13-6-14-26-45)80-63(71-4)60(77-40-49-33-21-10-22-34-49)56(53)75-38-47-29-17-8-18-30-47/h5-34,50-61,63-65,67H,35-42H2,1-4H3/t50-,51-,52-,53-,54+,55+,56+,57+,58-,59-,60-,61-,63+,64+,65-/m1/s1. The van der Waals surface area contributed by atoms with Gasteiger partial charge in [-0.05, 0) is 33.4 Å². The smallest absolute Gasteiger partial charge is 0.337 e. The number of benzene rings is 6. The minimum Gasteiger partial charge on any atom is -0.467 e. The molecular formula is C65H74O18. The number of ether oxygens (including phenoxy) is 15. The predicted octanol–water partition coefficient (Wildman–Crippen LogP) is 7.83. The summed E-state index contributed by atoms with van der Waals surface area (Å²) in [7, 11) is 4.09. The molecule has 0 bridgehead atoms. The summed E-state index contributed by atoms with van der Waals surface area (Å²) in [5.41, 5.74) is 5.17. The molecule has 15 atom stereocenters. The second-order valence-electron chi connectivity index (χ2n) is 20.3.